The zero-order chi connectivity index (χ0) is 22.8. The van der Waals surface area contributed by atoms with Gasteiger partial charge in [-0.3, -0.25) is 14.3 Å². The maximum atomic E-state index is 13.8. The Hall–Kier alpha value is -4.30. The van der Waals surface area contributed by atoms with Gasteiger partial charge in [0.25, 0.3) is 5.56 Å². The number of nitrogens with zero attached hydrogens (tertiary/aromatic N) is 6. The molecule has 0 saturated carbocycles. The van der Waals surface area contributed by atoms with Crippen LogP contribution in [0.5, 0.6) is 0 Å². The number of nitrogens with two attached hydrogens (primary N) is 2. The molecule has 1 aromatic carbocycles. The SMILES string of the molecule is N#Cc1c(N)nc(N)nc1NCCc1nc2cccc(Cl)c2c(=O)n1-c1cncc(F)c1. The van der Waals surface area contributed by atoms with Gasteiger partial charge in [-0.15, -0.1) is 0 Å². The summed E-state index contributed by atoms with van der Waals surface area (Å²) in [6.45, 7) is 0.200. The monoisotopic (exact) mass is 451 g/mol. The summed E-state index contributed by atoms with van der Waals surface area (Å²) in [6, 6.07) is 8.01. The number of fused-ring (bicyclic) bond motifs is 1. The largest absolute Gasteiger partial charge is 0.382 e. The van der Waals surface area contributed by atoms with Crippen molar-refractivity contribution in [3.63, 3.8) is 0 Å². The van der Waals surface area contributed by atoms with E-state index in [0.717, 1.165) is 6.20 Å². The lowest BCUT2D eigenvalue weighted by Crippen LogP contribution is -2.26. The first-order valence-corrected chi connectivity index (χ1v) is 9.65. The maximum Gasteiger partial charge on any atom is 0.267 e. The highest BCUT2D eigenvalue weighted by Crippen LogP contribution is 2.21. The molecule has 0 bridgehead atoms. The fourth-order valence-electron chi connectivity index (χ4n) is 3.22. The number of pyridine rings is 1. The smallest absolute Gasteiger partial charge is 0.267 e. The molecule has 3 heterocycles. The number of hydrogen-bond acceptors (Lipinski definition) is 9. The molecule has 160 valence electrons. The molecule has 3 aromatic heterocycles. The third-order valence-electron chi connectivity index (χ3n) is 4.57. The van der Waals surface area contributed by atoms with Gasteiger partial charge in [0, 0.05) is 19.0 Å². The summed E-state index contributed by atoms with van der Waals surface area (Å²) < 4.78 is 15.1. The van der Waals surface area contributed by atoms with Crippen LogP contribution in [0.2, 0.25) is 5.02 Å². The van der Waals surface area contributed by atoms with Gasteiger partial charge in [0.2, 0.25) is 5.95 Å². The number of anilines is 3. The average Bonchev–Trinajstić information content (AvgIpc) is 2.73. The molecule has 12 heteroatoms. The van der Waals surface area contributed by atoms with Crippen molar-refractivity contribution in [2.24, 2.45) is 0 Å². The van der Waals surface area contributed by atoms with E-state index in [9.17, 15) is 14.4 Å². The van der Waals surface area contributed by atoms with Crippen molar-refractivity contribution < 1.29 is 4.39 Å². The Morgan fingerprint density at radius 3 is 2.78 bits per heavy atom. The second-order valence-electron chi connectivity index (χ2n) is 6.64. The molecule has 0 unspecified atom stereocenters. The van der Waals surface area contributed by atoms with E-state index in [-0.39, 0.29) is 52.2 Å². The van der Waals surface area contributed by atoms with Gasteiger partial charge in [0.05, 0.1) is 34.0 Å². The van der Waals surface area contributed by atoms with Crippen LogP contribution < -0.4 is 22.3 Å². The Bertz CT molecular complexity index is 1450. The normalized spacial score (nSPS) is 10.8. The van der Waals surface area contributed by atoms with Gasteiger partial charge in [-0.05, 0) is 12.1 Å². The van der Waals surface area contributed by atoms with Crippen LogP contribution in [0.25, 0.3) is 16.6 Å². The van der Waals surface area contributed by atoms with E-state index in [1.807, 2.05) is 6.07 Å². The highest BCUT2D eigenvalue weighted by atomic mass is 35.5. The Labute approximate surface area is 185 Å². The molecule has 0 aliphatic rings. The van der Waals surface area contributed by atoms with Crippen LogP contribution in [0, 0.1) is 17.1 Å². The van der Waals surface area contributed by atoms with E-state index >= 15 is 0 Å². The molecule has 4 aromatic rings. The number of rotatable bonds is 5. The van der Waals surface area contributed by atoms with Crippen molar-refractivity contribution in [1.82, 2.24) is 24.5 Å². The summed E-state index contributed by atoms with van der Waals surface area (Å²) in [6.07, 6.45) is 2.58. The van der Waals surface area contributed by atoms with Gasteiger partial charge in [0.1, 0.15) is 29.1 Å². The quantitative estimate of drug-likeness (QED) is 0.412. The average molecular weight is 452 g/mol. The summed E-state index contributed by atoms with van der Waals surface area (Å²) in [5.41, 5.74) is 11.5. The molecular weight excluding hydrogens is 437 g/mol. The first kappa shape index (κ1) is 21.0. The lowest BCUT2D eigenvalue weighted by Gasteiger charge is -2.15. The minimum atomic E-state index is -0.608. The van der Waals surface area contributed by atoms with Crippen LogP contribution in [0.1, 0.15) is 11.4 Å². The Morgan fingerprint density at radius 2 is 2.03 bits per heavy atom. The van der Waals surface area contributed by atoms with Crippen molar-refractivity contribution >= 4 is 40.1 Å². The molecular formula is C20H15ClFN9O. The van der Waals surface area contributed by atoms with Crippen LogP contribution >= 0.6 is 11.6 Å². The van der Waals surface area contributed by atoms with Crippen LogP contribution in [0.4, 0.5) is 22.0 Å². The summed E-state index contributed by atoms with van der Waals surface area (Å²) in [5, 5.41) is 12.7. The third-order valence-corrected chi connectivity index (χ3v) is 4.89. The summed E-state index contributed by atoms with van der Waals surface area (Å²) in [7, 11) is 0. The Morgan fingerprint density at radius 1 is 1.22 bits per heavy atom. The molecule has 0 aliphatic carbocycles. The van der Waals surface area contributed by atoms with Crippen molar-refractivity contribution in [1.29, 1.82) is 5.26 Å². The molecule has 5 N–H and O–H groups in total. The van der Waals surface area contributed by atoms with Crippen molar-refractivity contribution in [3.05, 3.63) is 69.2 Å². The Balaban J connectivity index is 1.77. The minimum absolute atomic E-state index is 0.0455. The molecule has 10 nitrogen and oxygen atoms in total. The van der Waals surface area contributed by atoms with E-state index in [0.29, 0.717) is 11.3 Å². The maximum absolute atomic E-state index is 13.8. The molecule has 0 spiro atoms. The van der Waals surface area contributed by atoms with Gasteiger partial charge in [-0.25, -0.2) is 9.37 Å². The summed E-state index contributed by atoms with van der Waals surface area (Å²) in [5.74, 6) is -0.280. The second-order valence-corrected chi connectivity index (χ2v) is 7.05. The zero-order valence-electron chi connectivity index (χ0n) is 16.4. The predicted octanol–water partition coefficient (Wildman–Crippen LogP) is 2.05. The number of halogens is 2. The molecule has 32 heavy (non-hydrogen) atoms. The number of nitriles is 1. The van der Waals surface area contributed by atoms with Crippen LogP contribution in [-0.2, 0) is 6.42 Å². The zero-order valence-corrected chi connectivity index (χ0v) is 17.1. The van der Waals surface area contributed by atoms with E-state index in [2.05, 4.69) is 25.3 Å². The second kappa shape index (κ2) is 8.44. The molecule has 0 amide bonds. The number of hydrogen-bond donors (Lipinski definition) is 3. The molecule has 0 fully saturated rings. The number of aromatic nitrogens is 5. The van der Waals surface area contributed by atoms with Gasteiger partial charge in [-0.1, -0.05) is 17.7 Å². The van der Waals surface area contributed by atoms with Crippen molar-refractivity contribution in [3.8, 4) is 11.8 Å². The highest BCUT2D eigenvalue weighted by Gasteiger charge is 2.16. The molecule has 0 atom stereocenters. The molecule has 0 aliphatic heterocycles. The lowest BCUT2D eigenvalue weighted by molar-refractivity contribution is 0.618. The van der Waals surface area contributed by atoms with Crippen LogP contribution in [0.15, 0.2) is 41.5 Å². The molecule has 4 rings (SSSR count). The van der Waals surface area contributed by atoms with Crippen molar-refractivity contribution in [2.75, 3.05) is 23.3 Å². The van der Waals surface area contributed by atoms with E-state index in [4.69, 9.17) is 23.1 Å². The minimum Gasteiger partial charge on any atom is -0.382 e. The third kappa shape index (κ3) is 3.86. The molecule has 0 saturated heterocycles. The van der Waals surface area contributed by atoms with Crippen LogP contribution in [0.3, 0.4) is 0 Å². The summed E-state index contributed by atoms with van der Waals surface area (Å²) in [4.78, 5) is 29.4. The topological polar surface area (TPSA) is 161 Å². The van der Waals surface area contributed by atoms with Gasteiger partial charge >= 0.3 is 0 Å². The van der Waals surface area contributed by atoms with E-state index in [1.165, 1.54) is 16.8 Å². The summed E-state index contributed by atoms with van der Waals surface area (Å²) >= 11 is 6.23. The first-order chi connectivity index (χ1) is 15.4. The number of nitrogen functional groups attached to an aromatic ring is 2. The fourth-order valence-corrected chi connectivity index (χ4v) is 3.47. The fraction of sp³-hybridized carbons (Fsp3) is 0.100. The van der Waals surface area contributed by atoms with Gasteiger partial charge in [0.15, 0.2) is 5.82 Å². The Kier molecular flexibility index (Phi) is 5.53. The standard InChI is InChI=1S/C20H15ClFN9O/c21-13-2-1-3-14-16(13)19(32)31(11-6-10(22)8-26-9-11)15(28-14)4-5-27-18-12(7-23)17(24)29-20(25)30-18/h1-3,6,8-9H,4-5H2,(H5,24,25,27,29,30). The van der Waals surface area contributed by atoms with E-state index in [1.54, 1.807) is 18.2 Å². The highest BCUT2D eigenvalue weighted by molar-refractivity contribution is 6.35. The van der Waals surface area contributed by atoms with E-state index < -0.39 is 11.4 Å². The van der Waals surface area contributed by atoms with Crippen molar-refractivity contribution in [2.45, 2.75) is 6.42 Å². The number of nitrogens with one attached hydrogen (secondary N) is 1. The lowest BCUT2D eigenvalue weighted by atomic mass is 10.2. The van der Waals surface area contributed by atoms with Gasteiger partial charge < -0.3 is 16.8 Å². The first-order valence-electron chi connectivity index (χ1n) is 9.27. The molecule has 0 radical (unpaired) electrons. The number of benzene rings is 1. The van der Waals surface area contributed by atoms with Gasteiger partial charge in [-0.2, -0.15) is 15.2 Å². The van der Waals surface area contributed by atoms with Crippen LogP contribution in [-0.4, -0.2) is 31.0 Å². The predicted molar refractivity (Wildman–Crippen MR) is 118 cm³/mol.